The van der Waals surface area contributed by atoms with Gasteiger partial charge in [-0.3, -0.25) is 4.68 Å². The SMILES string of the molecule is Cn1nc(C(=O)OC(C)(C)C)cc1-c1ccc(Cl)cc1. The van der Waals surface area contributed by atoms with Crippen LogP contribution in [0.15, 0.2) is 30.3 Å². The van der Waals surface area contributed by atoms with Crippen LogP contribution in [0.2, 0.25) is 5.02 Å². The number of nitrogens with zero attached hydrogens (tertiary/aromatic N) is 2. The van der Waals surface area contributed by atoms with Crippen LogP contribution in [-0.2, 0) is 11.8 Å². The van der Waals surface area contributed by atoms with Gasteiger partial charge >= 0.3 is 5.97 Å². The van der Waals surface area contributed by atoms with Crippen LogP contribution in [0.4, 0.5) is 0 Å². The number of halogens is 1. The molecule has 0 aliphatic rings. The molecule has 106 valence electrons. The van der Waals surface area contributed by atoms with Crippen LogP contribution in [0.25, 0.3) is 11.3 Å². The van der Waals surface area contributed by atoms with Crippen LogP contribution in [0, 0.1) is 0 Å². The van der Waals surface area contributed by atoms with Crippen LogP contribution < -0.4 is 0 Å². The molecule has 1 heterocycles. The van der Waals surface area contributed by atoms with Crippen LogP contribution in [0.1, 0.15) is 31.3 Å². The van der Waals surface area contributed by atoms with Gasteiger partial charge in [0.2, 0.25) is 0 Å². The average Bonchev–Trinajstić information content (AvgIpc) is 2.70. The Balaban J connectivity index is 2.30. The summed E-state index contributed by atoms with van der Waals surface area (Å²) in [6, 6.07) is 9.10. The van der Waals surface area contributed by atoms with E-state index in [0.717, 1.165) is 11.3 Å². The average molecular weight is 293 g/mol. The lowest BCUT2D eigenvalue weighted by molar-refractivity contribution is 0.00620. The first-order valence-corrected chi connectivity index (χ1v) is 6.67. The Labute approximate surface area is 123 Å². The minimum absolute atomic E-state index is 0.298. The molecule has 2 rings (SSSR count). The Morgan fingerprint density at radius 1 is 1.25 bits per heavy atom. The summed E-state index contributed by atoms with van der Waals surface area (Å²) >= 11 is 5.87. The molecule has 0 amide bonds. The van der Waals surface area contributed by atoms with Gasteiger partial charge in [0.05, 0.1) is 5.69 Å². The lowest BCUT2D eigenvalue weighted by atomic mass is 10.1. The fraction of sp³-hybridized carbons (Fsp3) is 0.333. The molecule has 0 N–H and O–H groups in total. The molecular weight excluding hydrogens is 276 g/mol. The highest BCUT2D eigenvalue weighted by Crippen LogP contribution is 2.23. The Morgan fingerprint density at radius 3 is 2.40 bits per heavy atom. The van der Waals surface area contributed by atoms with E-state index in [1.807, 2.05) is 32.9 Å². The van der Waals surface area contributed by atoms with Crippen molar-refractivity contribution in [2.45, 2.75) is 26.4 Å². The van der Waals surface area contributed by atoms with Gasteiger partial charge in [0.25, 0.3) is 0 Å². The zero-order valence-electron chi connectivity index (χ0n) is 12.0. The number of rotatable bonds is 2. The van der Waals surface area contributed by atoms with E-state index in [1.54, 1.807) is 29.9 Å². The maximum Gasteiger partial charge on any atom is 0.359 e. The van der Waals surface area contributed by atoms with Crippen LogP contribution in [-0.4, -0.2) is 21.4 Å². The van der Waals surface area contributed by atoms with Crippen molar-refractivity contribution in [1.29, 1.82) is 0 Å². The monoisotopic (exact) mass is 292 g/mol. The number of aryl methyl sites for hydroxylation is 1. The first kappa shape index (κ1) is 14.6. The number of benzene rings is 1. The molecule has 0 spiro atoms. The second-order valence-corrected chi connectivity index (χ2v) is 5.98. The van der Waals surface area contributed by atoms with E-state index in [-0.39, 0.29) is 0 Å². The fourth-order valence-electron chi connectivity index (χ4n) is 1.79. The van der Waals surface area contributed by atoms with E-state index in [0.29, 0.717) is 10.7 Å². The summed E-state index contributed by atoms with van der Waals surface area (Å²) in [7, 11) is 1.79. The molecule has 1 aromatic carbocycles. The molecule has 2 aromatic rings. The largest absolute Gasteiger partial charge is 0.455 e. The molecule has 20 heavy (non-hydrogen) atoms. The maximum atomic E-state index is 12.0. The molecule has 0 fully saturated rings. The second kappa shape index (κ2) is 5.29. The maximum absolute atomic E-state index is 12.0. The van der Waals surface area contributed by atoms with E-state index < -0.39 is 11.6 Å². The molecule has 0 radical (unpaired) electrons. The van der Waals surface area contributed by atoms with Gasteiger partial charge in [-0.25, -0.2) is 4.79 Å². The van der Waals surface area contributed by atoms with Crippen molar-refractivity contribution >= 4 is 17.6 Å². The highest BCUT2D eigenvalue weighted by Gasteiger charge is 2.21. The molecule has 5 heteroatoms. The third kappa shape index (κ3) is 3.39. The van der Waals surface area contributed by atoms with Crippen molar-refractivity contribution in [3.05, 3.63) is 41.0 Å². The van der Waals surface area contributed by atoms with Gasteiger partial charge in [0, 0.05) is 12.1 Å². The third-order valence-electron chi connectivity index (χ3n) is 2.63. The van der Waals surface area contributed by atoms with Crippen LogP contribution in [0.5, 0.6) is 0 Å². The Bertz CT molecular complexity index is 624. The summed E-state index contributed by atoms with van der Waals surface area (Å²) < 4.78 is 6.97. The summed E-state index contributed by atoms with van der Waals surface area (Å²) in [6.45, 7) is 5.48. The summed E-state index contributed by atoms with van der Waals surface area (Å²) in [5.74, 6) is -0.423. The summed E-state index contributed by atoms with van der Waals surface area (Å²) in [5.41, 5.74) is 1.55. The first-order chi connectivity index (χ1) is 9.26. The van der Waals surface area contributed by atoms with Crippen molar-refractivity contribution in [3.8, 4) is 11.3 Å². The topological polar surface area (TPSA) is 44.1 Å². The van der Waals surface area contributed by atoms with Gasteiger partial charge in [-0.15, -0.1) is 0 Å². The lowest BCUT2D eigenvalue weighted by Crippen LogP contribution is -2.24. The van der Waals surface area contributed by atoms with Gasteiger partial charge in [-0.05, 0) is 44.5 Å². The normalized spacial score (nSPS) is 11.4. The molecule has 0 unspecified atom stereocenters. The molecule has 0 aliphatic carbocycles. The van der Waals surface area contributed by atoms with Crippen molar-refractivity contribution in [1.82, 2.24) is 9.78 Å². The minimum atomic E-state index is -0.533. The van der Waals surface area contributed by atoms with Crippen molar-refractivity contribution in [2.24, 2.45) is 7.05 Å². The van der Waals surface area contributed by atoms with Crippen molar-refractivity contribution < 1.29 is 9.53 Å². The molecule has 0 atom stereocenters. The zero-order valence-corrected chi connectivity index (χ0v) is 12.7. The van der Waals surface area contributed by atoms with E-state index in [4.69, 9.17) is 16.3 Å². The van der Waals surface area contributed by atoms with Crippen LogP contribution >= 0.6 is 11.6 Å². The predicted octanol–water partition coefficient (Wildman–Crippen LogP) is 3.70. The van der Waals surface area contributed by atoms with Gasteiger partial charge < -0.3 is 4.74 Å². The van der Waals surface area contributed by atoms with Crippen molar-refractivity contribution in [3.63, 3.8) is 0 Å². The smallest absolute Gasteiger partial charge is 0.359 e. The summed E-state index contributed by atoms with van der Waals surface area (Å²) in [4.78, 5) is 12.0. The van der Waals surface area contributed by atoms with Crippen LogP contribution in [0.3, 0.4) is 0 Å². The van der Waals surface area contributed by atoms with E-state index >= 15 is 0 Å². The first-order valence-electron chi connectivity index (χ1n) is 6.29. The molecule has 4 nitrogen and oxygen atoms in total. The highest BCUT2D eigenvalue weighted by molar-refractivity contribution is 6.30. The van der Waals surface area contributed by atoms with Gasteiger partial charge in [-0.1, -0.05) is 23.7 Å². The zero-order chi connectivity index (χ0) is 14.9. The summed E-state index contributed by atoms with van der Waals surface area (Å²) in [5, 5.41) is 4.87. The number of carbonyl (C=O) groups is 1. The molecule has 0 saturated carbocycles. The Kier molecular flexibility index (Phi) is 3.86. The number of esters is 1. The predicted molar refractivity (Wildman–Crippen MR) is 78.8 cm³/mol. The van der Waals surface area contributed by atoms with Gasteiger partial charge in [0.15, 0.2) is 5.69 Å². The number of ether oxygens (including phenoxy) is 1. The second-order valence-electron chi connectivity index (χ2n) is 5.55. The number of hydrogen-bond acceptors (Lipinski definition) is 3. The standard InChI is InChI=1S/C15H17ClN2O2/c1-15(2,3)20-14(19)12-9-13(18(4)17-12)10-5-7-11(16)8-6-10/h5-9H,1-4H3. The van der Waals surface area contributed by atoms with Gasteiger partial charge in [0.1, 0.15) is 5.60 Å². The van der Waals surface area contributed by atoms with E-state index in [1.165, 1.54) is 0 Å². The number of aromatic nitrogens is 2. The fourth-order valence-corrected chi connectivity index (χ4v) is 1.91. The molecule has 0 saturated heterocycles. The van der Waals surface area contributed by atoms with Gasteiger partial charge in [-0.2, -0.15) is 5.10 Å². The van der Waals surface area contributed by atoms with Crippen molar-refractivity contribution in [2.75, 3.05) is 0 Å². The van der Waals surface area contributed by atoms with E-state index in [2.05, 4.69) is 5.10 Å². The third-order valence-corrected chi connectivity index (χ3v) is 2.88. The number of carbonyl (C=O) groups excluding carboxylic acids is 1. The molecular formula is C15H17ClN2O2. The Morgan fingerprint density at radius 2 is 1.85 bits per heavy atom. The lowest BCUT2D eigenvalue weighted by Gasteiger charge is -2.18. The summed E-state index contributed by atoms with van der Waals surface area (Å²) in [6.07, 6.45) is 0. The quantitative estimate of drug-likeness (QED) is 0.793. The minimum Gasteiger partial charge on any atom is -0.455 e. The molecule has 1 aromatic heterocycles. The molecule has 0 aliphatic heterocycles. The highest BCUT2D eigenvalue weighted by atomic mass is 35.5. The Hall–Kier alpha value is -1.81. The molecule has 0 bridgehead atoms. The number of hydrogen-bond donors (Lipinski definition) is 0. The van der Waals surface area contributed by atoms with E-state index in [9.17, 15) is 4.79 Å².